The summed E-state index contributed by atoms with van der Waals surface area (Å²) in [5, 5.41) is 0. The molecule has 0 amide bonds. The zero-order chi connectivity index (χ0) is 8.81. The number of benzene rings is 1. The van der Waals surface area contributed by atoms with E-state index in [4.69, 9.17) is 5.73 Å². The summed E-state index contributed by atoms with van der Waals surface area (Å²) in [7, 11) is 0. The van der Waals surface area contributed by atoms with Crippen LogP contribution in [0.5, 0.6) is 0 Å². The highest BCUT2D eigenvalue weighted by Crippen LogP contribution is 2.05. The Labute approximate surface area is 71.7 Å². The van der Waals surface area contributed by atoms with Crippen molar-refractivity contribution in [3.63, 3.8) is 0 Å². The van der Waals surface area contributed by atoms with Gasteiger partial charge in [-0.05, 0) is 17.2 Å². The monoisotopic (exact) mass is 160 g/mol. The van der Waals surface area contributed by atoms with Crippen molar-refractivity contribution in [2.75, 3.05) is 0 Å². The van der Waals surface area contributed by atoms with Gasteiger partial charge < -0.3 is 5.73 Å². The molecule has 0 aliphatic rings. The van der Waals surface area contributed by atoms with Crippen LogP contribution in [0.2, 0.25) is 0 Å². The van der Waals surface area contributed by atoms with Crippen LogP contribution in [0.15, 0.2) is 30.3 Å². The van der Waals surface area contributed by atoms with Crippen molar-refractivity contribution < 1.29 is 4.79 Å². The van der Waals surface area contributed by atoms with E-state index in [0.717, 1.165) is 11.1 Å². The van der Waals surface area contributed by atoms with Crippen molar-refractivity contribution in [3.8, 4) is 0 Å². The summed E-state index contributed by atoms with van der Waals surface area (Å²) in [6.45, 7) is 0.520. The number of rotatable bonds is 3. The van der Waals surface area contributed by atoms with E-state index in [1.165, 1.54) is 6.08 Å². The minimum atomic E-state index is 0.520. The topological polar surface area (TPSA) is 43.1 Å². The molecule has 1 radical (unpaired) electrons. The van der Waals surface area contributed by atoms with Crippen LogP contribution in [0.1, 0.15) is 11.1 Å². The van der Waals surface area contributed by atoms with Crippen LogP contribution < -0.4 is 5.73 Å². The Kier molecular flexibility index (Phi) is 3.23. The Hall–Kier alpha value is -1.41. The number of allylic oxidation sites excluding steroid dienone is 1. The number of carbonyl (C=O) groups excluding carboxylic acids is 1. The van der Waals surface area contributed by atoms with E-state index in [1.807, 2.05) is 24.3 Å². The highest BCUT2D eigenvalue weighted by atomic mass is 16.1. The minimum absolute atomic E-state index is 0.520. The van der Waals surface area contributed by atoms with Crippen molar-refractivity contribution in [1.29, 1.82) is 0 Å². The lowest BCUT2D eigenvalue weighted by Gasteiger charge is -1.96. The Morgan fingerprint density at radius 1 is 1.50 bits per heavy atom. The quantitative estimate of drug-likeness (QED) is 0.676. The van der Waals surface area contributed by atoms with E-state index in [1.54, 1.807) is 12.4 Å². The van der Waals surface area contributed by atoms with Gasteiger partial charge in [-0.3, -0.25) is 4.79 Å². The Bertz CT molecular complexity index is 292. The molecule has 2 N–H and O–H groups in total. The van der Waals surface area contributed by atoms with E-state index in [0.29, 0.717) is 6.54 Å². The Morgan fingerprint density at radius 3 is 3.00 bits per heavy atom. The van der Waals surface area contributed by atoms with Gasteiger partial charge in [0.1, 0.15) is 0 Å². The smallest absolute Gasteiger partial charge is 0.225 e. The Balaban J connectivity index is 2.86. The first-order chi connectivity index (χ1) is 5.86. The standard InChI is InChI=1S/C10H10NO/c11-8-10-4-1-3-9(7-10)5-2-6-12/h1-5,7H,8,11H2. The second-order valence-corrected chi connectivity index (χ2v) is 2.40. The van der Waals surface area contributed by atoms with Crippen LogP contribution in [0.3, 0.4) is 0 Å². The first kappa shape index (κ1) is 8.68. The van der Waals surface area contributed by atoms with Gasteiger partial charge in [0.2, 0.25) is 6.29 Å². The summed E-state index contributed by atoms with van der Waals surface area (Å²) in [5.41, 5.74) is 7.48. The fraction of sp³-hybridized carbons (Fsp3) is 0.100. The van der Waals surface area contributed by atoms with E-state index in [-0.39, 0.29) is 0 Å². The van der Waals surface area contributed by atoms with Crippen molar-refractivity contribution >= 4 is 12.4 Å². The molecule has 1 aromatic carbocycles. The molecule has 0 saturated heterocycles. The predicted octanol–water partition coefficient (Wildman–Crippen LogP) is 1.27. The van der Waals surface area contributed by atoms with Crippen LogP contribution >= 0.6 is 0 Å². The molecule has 1 aromatic rings. The molecule has 0 spiro atoms. The van der Waals surface area contributed by atoms with Gasteiger partial charge in [0.15, 0.2) is 0 Å². The van der Waals surface area contributed by atoms with E-state index in [9.17, 15) is 4.79 Å². The number of hydrogen-bond acceptors (Lipinski definition) is 2. The van der Waals surface area contributed by atoms with Gasteiger partial charge in [-0.15, -0.1) is 0 Å². The maximum atomic E-state index is 9.90. The van der Waals surface area contributed by atoms with Gasteiger partial charge in [0.25, 0.3) is 0 Å². The first-order valence-electron chi connectivity index (χ1n) is 3.70. The van der Waals surface area contributed by atoms with Crippen molar-refractivity contribution in [2.45, 2.75) is 6.54 Å². The molecular formula is C10H10NO. The zero-order valence-electron chi connectivity index (χ0n) is 6.66. The van der Waals surface area contributed by atoms with Gasteiger partial charge in [-0.2, -0.15) is 0 Å². The average molecular weight is 160 g/mol. The molecule has 12 heavy (non-hydrogen) atoms. The van der Waals surface area contributed by atoms with E-state index >= 15 is 0 Å². The summed E-state index contributed by atoms with van der Waals surface area (Å²) in [5.74, 6) is 0. The SMILES string of the molecule is NCc1cccc(C=C[C]=O)c1. The third kappa shape index (κ3) is 2.32. The Morgan fingerprint density at radius 2 is 2.33 bits per heavy atom. The maximum Gasteiger partial charge on any atom is 0.225 e. The second kappa shape index (κ2) is 4.46. The van der Waals surface area contributed by atoms with E-state index < -0.39 is 0 Å². The molecule has 0 aromatic heterocycles. The molecule has 0 unspecified atom stereocenters. The molecule has 0 fully saturated rings. The molecule has 0 bridgehead atoms. The minimum Gasteiger partial charge on any atom is -0.326 e. The summed E-state index contributed by atoms with van der Waals surface area (Å²) in [4.78, 5) is 9.90. The molecule has 61 valence electrons. The lowest BCUT2D eigenvalue weighted by molar-refractivity contribution is 0.564. The van der Waals surface area contributed by atoms with Crippen LogP contribution in [0.4, 0.5) is 0 Å². The average Bonchev–Trinajstić information content (AvgIpc) is 2.15. The van der Waals surface area contributed by atoms with Crippen LogP contribution in [-0.4, -0.2) is 6.29 Å². The highest BCUT2D eigenvalue weighted by Gasteiger charge is 1.89. The van der Waals surface area contributed by atoms with Crippen LogP contribution in [-0.2, 0) is 11.3 Å². The first-order valence-corrected chi connectivity index (χ1v) is 3.70. The third-order valence-corrected chi connectivity index (χ3v) is 1.53. The van der Waals surface area contributed by atoms with Gasteiger partial charge in [-0.25, -0.2) is 0 Å². The summed E-state index contributed by atoms with van der Waals surface area (Å²) < 4.78 is 0. The summed E-state index contributed by atoms with van der Waals surface area (Å²) in [6, 6.07) is 7.70. The summed E-state index contributed by atoms with van der Waals surface area (Å²) in [6.07, 6.45) is 4.74. The second-order valence-electron chi connectivity index (χ2n) is 2.40. The highest BCUT2D eigenvalue weighted by molar-refractivity contribution is 5.74. The van der Waals surface area contributed by atoms with Crippen molar-refractivity contribution in [2.24, 2.45) is 5.73 Å². The molecule has 0 saturated carbocycles. The lowest BCUT2D eigenvalue weighted by Crippen LogP contribution is -1.95. The van der Waals surface area contributed by atoms with Crippen LogP contribution in [0.25, 0.3) is 6.08 Å². The van der Waals surface area contributed by atoms with Gasteiger partial charge in [-0.1, -0.05) is 30.3 Å². The van der Waals surface area contributed by atoms with Crippen molar-refractivity contribution in [3.05, 3.63) is 41.5 Å². The maximum absolute atomic E-state index is 9.90. The van der Waals surface area contributed by atoms with E-state index in [2.05, 4.69) is 0 Å². The normalized spacial score (nSPS) is 10.4. The van der Waals surface area contributed by atoms with Gasteiger partial charge >= 0.3 is 0 Å². The number of nitrogens with two attached hydrogens (primary N) is 1. The fourth-order valence-electron chi connectivity index (χ4n) is 0.954. The van der Waals surface area contributed by atoms with Gasteiger partial charge in [0.05, 0.1) is 0 Å². The van der Waals surface area contributed by atoms with Crippen molar-refractivity contribution in [1.82, 2.24) is 0 Å². The summed E-state index contributed by atoms with van der Waals surface area (Å²) >= 11 is 0. The molecule has 0 aliphatic heterocycles. The van der Waals surface area contributed by atoms with Gasteiger partial charge in [0, 0.05) is 6.54 Å². The molecular weight excluding hydrogens is 150 g/mol. The molecule has 0 heterocycles. The van der Waals surface area contributed by atoms with Crippen LogP contribution in [0, 0.1) is 0 Å². The molecule has 0 atom stereocenters. The molecule has 2 heteroatoms. The fourth-order valence-corrected chi connectivity index (χ4v) is 0.954. The zero-order valence-corrected chi connectivity index (χ0v) is 6.66. The lowest BCUT2D eigenvalue weighted by atomic mass is 10.1. The molecule has 0 aliphatic carbocycles. The molecule has 2 nitrogen and oxygen atoms in total. The third-order valence-electron chi connectivity index (χ3n) is 1.53. The largest absolute Gasteiger partial charge is 0.326 e. The predicted molar refractivity (Wildman–Crippen MR) is 49.1 cm³/mol. The molecule has 1 rings (SSSR count). The number of hydrogen-bond donors (Lipinski definition) is 1.